The molecule has 0 spiro atoms. The lowest BCUT2D eigenvalue weighted by atomic mass is 10.2. The quantitative estimate of drug-likeness (QED) is 0.615. The summed E-state index contributed by atoms with van der Waals surface area (Å²) in [6.45, 7) is 1.13. The van der Waals surface area contributed by atoms with Crippen LogP contribution in [0.5, 0.6) is 0 Å². The van der Waals surface area contributed by atoms with Crippen molar-refractivity contribution >= 4 is 17.4 Å². The van der Waals surface area contributed by atoms with E-state index in [0.29, 0.717) is 36.6 Å². The van der Waals surface area contributed by atoms with Crippen molar-refractivity contribution in [3.05, 3.63) is 17.8 Å². The number of nitrogen functional groups attached to an aromatic ring is 1. The van der Waals surface area contributed by atoms with E-state index in [-0.39, 0.29) is 6.10 Å². The summed E-state index contributed by atoms with van der Waals surface area (Å²) in [6, 6.07) is 1.51. The van der Waals surface area contributed by atoms with E-state index >= 15 is 0 Å². The van der Waals surface area contributed by atoms with Crippen LogP contribution in [0.2, 0.25) is 0 Å². The monoisotopic (exact) mass is 222 g/mol. The second kappa shape index (κ2) is 3.97. The lowest BCUT2D eigenvalue weighted by Crippen LogP contribution is -2.26. The molecule has 1 saturated heterocycles. The molecule has 2 heterocycles. The van der Waals surface area contributed by atoms with Crippen molar-refractivity contribution in [2.45, 2.75) is 12.5 Å². The van der Waals surface area contributed by atoms with E-state index < -0.39 is 5.91 Å². The fourth-order valence-electron chi connectivity index (χ4n) is 1.84. The molecule has 6 heteroatoms. The number of carbonyl (C=O) groups is 1. The van der Waals surface area contributed by atoms with Crippen LogP contribution in [0.3, 0.4) is 0 Å². The van der Waals surface area contributed by atoms with Gasteiger partial charge in [0.15, 0.2) is 0 Å². The van der Waals surface area contributed by atoms with Crippen molar-refractivity contribution in [1.29, 1.82) is 0 Å². The molecule has 1 aliphatic heterocycles. The van der Waals surface area contributed by atoms with Crippen LogP contribution in [0.15, 0.2) is 12.3 Å². The number of anilines is 2. The molecule has 1 atom stereocenters. The van der Waals surface area contributed by atoms with E-state index in [1.807, 2.05) is 4.90 Å². The highest BCUT2D eigenvalue weighted by atomic mass is 16.3. The number of aliphatic hydroxyl groups is 1. The first kappa shape index (κ1) is 10.7. The van der Waals surface area contributed by atoms with Crippen molar-refractivity contribution in [3.63, 3.8) is 0 Å². The zero-order chi connectivity index (χ0) is 11.7. The Morgan fingerprint density at radius 2 is 2.38 bits per heavy atom. The molecule has 1 fully saturated rings. The van der Waals surface area contributed by atoms with Crippen LogP contribution < -0.4 is 16.4 Å². The summed E-state index contributed by atoms with van der Waals surface area (Å²) in [6.07, 6.45) is 1.77. The molecular formula is C10H14N4O2. The molecule has 1 amide bonds. The molecule has 1 aromatic heterocycles. The Morgan fingerprint density at radius 3 is 2.94 bits per heavy atom. The van der Waals surface area contributed by atoms with Crippen LogP contribution >= 0.6 is 0 Å². The van der Waals surface area contributed by atoms with Gasteiger partial charge in [0.1, 0.15) is 5.82 Å². The van der Waals surface area contributed by atoms with Gasteiger partial charge in [-0.15, -0.1) is 0 Å². The van der Waals surface area contributed by atoms with E-state index in [1.54, 1.807) is 0 Å². The summed E-state index contributed by atoms with van der Waals surface area (Å²) in [5.74, 6) is -0.0607. The SMILES string of the molecule is NC(=O)c1cc(N)cnc1N1CCC(O)C1. The number of β-amino-alcohol motifs (C(OH)–C–C–N with tert-alkyl or cyclic N) is 1. The van der Waals surface area contributed by atoms with Gasteiger partial charge < -0.3 is 21.5 Å². The van der Waals surface area contributed by atoms with Crippen LogP contribution in [-0.4, -0.2) is 35.2 Å². The summed E-state index contributed by atoms with van der Waals surface area (Å²) in [4.78, 5) is 17.2. The standard InChI is InChI=1S/C10H14N4O2/c11-6-3-8(9(12)16)10(13-4-6)14-2-1-7(15)5-14/h3-4,7,15H,1-2,5,11H2,(H2,12,16). The number of amides is 1. The molecule has 86 valence electrons. The fourth-order valence-corrected chi connectivity index (χ4v) is 1.84. The topological polar surface area (TPSA) is 105 Å². The fraction of sp³-hybridized carbons (Fsp3) is 0.400. The number of rotatable bonds is 2. The number of aliphatic hydroxyl groups excluding tert-OH is 1. The molecule has 1 unspecified atom stereocenters. The molecule has 6 nitrogen and oxygen atoms in total. The molecule has 0 aromatic carbocycles. The Balaban J connectivity index is 2.36. The maximum Gasteiger partial charge on any atom is 0.252 e. The molecule has 0 radical (unpaired) electrons. The van der Waals surface area contributed by atoms with Gasteiger partial charge in [-0.3, -0.25) is 4.79 Å². The Labute approximate surface area is 92.9 Å². The van der Waals surface area contributed by atoms with Crippen molar-refractivity contribution in [3.8, 4) is 0 Å². The average molecular weight is 222 g/mol. The number of hydrogen-bond donors (Lipinski definition) is 3. The van der Waals surface area contributed by atoms with Gasteiger partial charge in [-0.25, -0.2) is 4.98 Å². The molecule has 0 aliphatic carbocycles. The van der Waals surface area contributed by atoms with Gasteiger partial charge in [0.2, 0.25) is 0 Å². The number of nitrogens with two attached hydrogens (primary N) is 2. The van der Waals surface area contributed by atoms with Gasteiger partial charge in [0, 0.05) is 13.1 Å². The highest BCUT2D eigenvalue weighted by Crippen LogP contribution is 2.23. The van der Waals surface area contributed by atoms with Crippen molar-refractivity contribution in [1.82, 2.24) is 4.98 Å². The Morgan fingerprint density at radius 1 is 1.62 bits per heavy atom. The average Bonchev–Trinajstić information content (AvgIpc) is 2.64. The Hall–Kier alpha value is -1.82. The first-order chi connectivity index (χ1) is 7.58. The number of pyridine rings is 1. The molecule has 1 aliphatic rings. The van der Waals surface area contributed by atoms with Crippen molar-refractivity contribution < 1.29 is 9.90 Å². The molecule has 5 N–H and O–H groups in total. The minimum Gasteiger partial charge on any atom is -0.397 e. The highest BCUT2D eigenvalue weighted by molar-refractivity contribution is 5.98. The minimum absolute atomic E-state index is 0.300. The van der Waals surface area contributed by atoms with E-state index in [2.05, 4.69) is 4.98 Å². The van der Waals surface area contributed by atoms with Crippen LogP contribution in [0.4, 0.5) is 11.5 Å². The number of nitrogens with zero attached hydrogens (tertiary/aromatic N) is 2. The smallest absolute Gasteiger partial charge is 0.252 e. The molecule has 1 aromatic rings. The van der Waals surface area contributed by atoms with Gasteiger partial charge in [-0.2, -0.15) is 0 Å². The van der Waals surface area contributed by atoms with E-state index in [0.717, 1.165) is 0 Å². The van der Waals surface area contributed by atoms with E-state index in [9.17, 15) is 9.90 Å². The molecule has 0 bridgehead atoms. The molecule has 0 saturated carbocycles. The molecule has 16 heavy (non-hydrogen) atoms. The summed E-state index contributed by atoms with van der Waals surface area (Å²) in [7, 11) is 0. The van der Waals surface area contributed by atoms with Gasteiger partial charge in [0.05, 0.1) is 23.6 Å². The summed E-state index contributed by atoms with van der Waals surface area (Å²) in [5, 5.41) is 9.43. The summed E-state index contributed by atoms with van der Waals surface area (Å²) in [5.41, 5.74) is 11.5. The summed E-state index contributed by atoms with van der Waals surface area (Å²) >= 11 is 0. The van der Waals surface area contributed by atoms with Crippen molar-refractivity contribution in [2.75, 3.05) is 23.7 Å². The Kier molecular flexibility index (Phi) is 2.66. The lowest BCUT2D eigenvalue weighted by Gasteiger charge is -2.19. The van der Waals surface area contributed by atoms with Crippen LogP contribution in [0.25, 0.3) is 0 Å². The third-order valence-corrected chi connectivity index (χ3v) is 2.62. The van der Waals surface area contributed by atoms with Crippen LogP contribution in [-0.2, 0) is 0 Å². The minimum atomic E-state index is -0.559. The second-order valence-electron chi connectivity index (χ2n) is 3.89. The maximum atomic E-state index is 11.2. The number of primary amides is 1. The predicted octanol–water partition coefficient (Wildman–Crippen LogP) is -0.666. The first-order valence-corrected chi connectivity index (χ1v) is 5.06. The van der Waals surface area contributed by atoms with Crippen molar-refractivity contribution in [2.24, 2.45) is 5.73 Å². The zero-order valence-electron chi connectivity index (χ0n) is 8.76. The van der Waals surface area contributed by atoms with Gasteiger partial charge >= 0.3 is 0 Å². The summed E-state index contributed by atoms with van der Waals surface area (Å²) < 4.78 is 0. The van der Waals surface area contributed by atoms with Gasteiger partial charge in [-0.05, 0) is 12.5 Å². The third kappa shape index (κ3) is 1.92. The predicted molar refractivity (Wildman–Crippen MR) is 60.0 cm³/mol. The van der Waals surface area contributed by atoms with E-state index in [1.165, 1.54) is 12.3 Å². The van der Waals surface area contributed by atoms with Crippen LogP contribution in [0, 0.1) is 0 Å². The Bertz CT molecular complexity index is 421. The van der Waals surface area contributed by atoms with Crippen LogP contribution in [0.1, 0.15) is 16.8 Å². The third-order valence-electron chi connectivity index (χ3n) is 2.62. The number of hydrogen-bond acceptors (Lipinski definition) is 5. The first-order valence-electron chi connectivity index (χ1n) is 5.06. The normalized spacial score (nSPS) is 20.1. The van der Waals surface area contributed by atoms with Gasteiger partial charge in [0.25, 0.3) is 5.91 Å². The molecule has 2 rings (SSSR count). The molecular weight excluding hydrogens is 208 g/mol. The highest BCUT2D eigenvalue weighted by Gasteiger charge is 2.24. The van der Waals surface area contributed by atoms with E-state index in [4.69, 9.17) is 11.5 Å². The maximum absolute atomic E-state index is 11.2. The van der Waals surface area contributed by atoms with Gasteiger partial charge in [-0.1, -0.05) is 0 Å². The zero-order valence-corrected chi connectivity index (χ0v) is 8.76. The number of carbonyl (C=O) groups excluding carboxylic acids is 1. The second-order valence-corrected chi connectivity index (χ2v) is 3.89. The number of aromatic nitrogens is 1. The lowest BCUT2D eigenvalue weighted by molar-refractivity contribution is 0.100. The largest absolute Gasteiger partial charge is 0.397 e.